The van der Waals surface area contributed by atoms with Gasteiger partial charge in [-0.25, -0.2) is 13.8 Å². The van der Waals surface area contributed by atoms with Gasteiger partial charge in [-0.2, -0.15) is 0 Å². The second kappa shape index (κ2) is 11.7. The molecule has 0 radical (unpaired) electrons. The lowest BCUT2D eigenvalue weighted by atomic mass is 9.89. The Morgan fingerprint density at radius 2 is 1.95 bits per heavy atom. The smallest absolute Gasteiger partial charge is 0.248 e. The van der Waals surface area contributed by atoms with Gasteiger partial charge in [-0.1, -0.05) is 39.3 Å². The van der Waals surface area contributed by atoms with Crippen molar-refractivity contribution in [3.63, 3.8) is 0 Å². The van der Waals surface area contributed by atoms with Crippen molar-refractivity contribution in [1.29, 1.82) is 0 Å². The van der Waals surface area contributed by atoms with Crippen molar-refractivity contribution in [3.05, 3.63) is 36.0 Å². The van der Waals surface area contributed by atoms with E-state index >= 15 is 0 Å². The second-order valence-electron chi connectivity index (χ2n) is 11.4. The molecule has 5 N–H and O–H groups in total. The molecule has 4 atom stereocenters. The molecule has 2 aromatic rings. The number of aromatic nitrogens is 1. The summed E-state index contributed by atoms with van der Waals surface area (Å²) >= 11 is 0. The van der Waals surface area contributed by atoms with Crippen molar-refractivity contribution in [3.8, 4) is 0 Å². The van der Waals surface area contributed by atoms with E-state index in [0.717, 1.165) is 16.3 Å². The fraction of sp³-hybridized carbons (Fsp3) is 0.621. The number of nitrogens with one attached hydrogen (secondary N) is 2. The van der Waals surface area contributed by atoms with Crippen LogP contribution >= 0.6 is 0 Å². The van der Waals surface area contributed by atoms with Crippen molar-refractivity contribution >= 4 is 28.4 Å². The average molecular weight is 546 g/mol. The highest BCUT2D eigenvalue weighted by atomic mass is 19.3. The highest BCUT2D eigenvalue weighted by Gasteiger charge is 2.49. The number of halogens is 2. The van der Waals surface area contributed by atoms with E-state index < -0.39 is 23.6 Å². The van der Waals surface area contributed by atoms with E-state index in [1.165, 1.54) is 4.90 Å². The largest absolute Gasteiger partial charge is 0.388 e. The Balaban J connectivity index is 1.48. The first kappa shape index (κ1) is 29.1. The molecule has 1 aliphatic carbocycles. The lowest BCUT2D eigenvalue weighted by Gasteiger charge is -2.36. The number of amides is 2. The van der Waals surface area contributed by atoms with Crippen LogP contribution in [-0.4, -0.2) is 63.0 Å². The molecule has 4 rings (SSSR count). The van der Waals surface area contributed by atoms with Crippen LogP contribution in [0, 0.1) is 5.92 Å². The topological polar surface area (TPSA) is 121 Å². The van der Waals surface area contributed by atoms with E-state index in [2.05, 4.69) is 15.6 Å². The fourth-order valence-electron chi connectivity index (χ4n) is 5.71. The van der Waals surface area contributed by atoms with E-state index in [0.29, 0.717) is 31.5 Å². The van der Waals surface area contributed by atoms with Gasteiger partial charge in [-0.15, -0.1) is 0 Å². The zero-order chi connectivity index (χ0) is 28.4. The zero-order valence-electron chi connectivity index (χ0n) is 23.1. The molecule has 39 heavy (non-hydrogen) atoms. The van der Waals surface area contributed by atoms with Crippen molar-refractivity contribution in [1.82, 2.24) is 20.5 Å². The first-order chi connectivity index (χ1) is 18.4. The summed E-state index contributed by atoms with van der Waals surface area (Å²) in [5.74, 6) is -2.88. The van der Waals surface area contributed by atoms with Crippen LogP contribution in [0.3, 0.4) is 0 Å². The van der Waals surface area contributed by atoms with Crippen LogP contribution in [0.5, 0.6) is 0 Å². The molecule has 214 valence electrons. The van der Waals surface area contributed by atoms with Crippen molar-refractivity contribution in [2.24, 2.45) is 5.92 Å². The van der Waals surface area contributed by atoms with Crippen LogP contribution in [0.2, 0.25) is 0 Å². The van der Waals surface area contributed by atoms with E-state index in [1.54, 1.807) is 6.20 Å². The van der Waals surface area contributed by atoms with Gasteiger partial charge in [0.15, 0.2) is 0 Å². The van der Waals surface area contributed by atoms with Crippen LogP contribution in [-0.2, 0) is 16.1 Å². The molecule has 1 aliphatic heterocycles. The molecule has 1 aromatic carbocycles. The molecule has 8 nitrogen and oxygen atoms in total. The standard InChI is InChI=1S/C29H41F2N5O3/c1-4-18(3)24(35-21-8-11-29(30,31)12-9-21)27(38)36-17-28(39,5-2)15-23(36)26(37)34-16-19-6-7-22-20(14-19)10-13-33-25(22)32/h6-7,10,13-14,18,21,23-24,35,39H,4-5,8-9,11-12,15-17H2,1-3H3,(H2,32,33)(H,34,37)/t18-,23+,24-,28+/m1/s1. The Morgan fingerprint density at radius 3 is 2.62 bits per heavy atom. The number of nitrogens with zero attached hydrogens (tertiary/aromatic N) is 2. The number of fused-ring (bicyclic) bond motifs is 1. The number of alkyl halides is 2. The lowest BCUT2D eigenvalue weighted by Crippen LogP contribution is -2.57. The predicted molar refractivity (Wildman–Crippen MR) is 147 cm³/mol. The van der Waals surface area contributed by atoms with Crippen molar-refractivity contribution in [2.45, 2.75) is 102 Å². The van der Waals surface area contributed by atoms with Gasteiger partial charge >= 0.3 is 0 Å². The van der Waals surface area contributed by atoms with Crippen LogP contribution < -0.4 is 16.4 Å². The first-order valence-electron chi connectivity index (χ1n) is 14.0. The van der Waals surface area contributed by atoms with E-state index in [4.69, 9.17) is 5.73 Å². The molecule has 2 fully saturated rings. The molecule has 2 heterocycles. The molecule has 0 unspecified atom stereocenters. The minimum Gasteiger partial charge on any atom is -0.388 e. The number of carbonyl (C=O) groups excluding carboxylic acids is 2. The third-order valence-electron chi connectivity index (χ3n) is 8.60. The maximum Gasteiger partial charge on any atom is 0.248 e. The number of benzene rings is 1. The minimum atomic E-state index is -2.65. The number of hydrogen-bond donors (Lipinski definition) is 4. The van der Waals surface area contributed by atoms with Gasteiger partial charge in [0.1, 0.15) is 11.9 Å². The Labute approximate surface area is 228 Å². The molecule has 1 saturated heterocycles. The van der Waals surface area contributed by atoms with Gasteiger partial charge < -0.3 is 26.4 Å². The summed E-state index contributed by atoms with van der Waals surface area (Å²) in [4.78, 5) is 32.9. The number of β-amino-alcohol motifs (C(OH)–C–C–N with tert-alkyl or cyclic N) is 1. The highest BCUT2D eigenvalue weighted by molar-refractivity contribution is 5.92. The van der Waals surface area contributed by atoms with E-state index in [9.17, 15) is 23.5 Å². The van der Waals surface area contributed by atoms with E-state index in [1.807, 2.05) is 45.0 Å². The molecule has 0 spiro atoms. The molecular formula is C29H41F2N5O3. The van der Waals surface area contributed by atoms with Gasteiger partial charge in [0.2, 0.25) is 17.7 Å². The second-order valence-corrected chi connectivity index (χ2v) is 11.4. The minimum absolute atomic E-state index is 0.0556. The summed E-state index contributed by atoms with van der Waals surface area (Å²) in [6.45, 7) is 6.08. The predicted octanol–water partition coefficient (Wildman–Crippen LogP) is 3.76. The third-order valence-corrected chi connectivity index (χ3v) is 8.60. The lowest BCUT2D eigenvalue weighted by molar-refractivity contribution is -0.141. The maximum absolute atomic E-state index is 13.9. The van der Waals surface area contributed by atoms with Gasteiger partial charge in [-0.05, 0) is 48.3 Å². The number of anilines is 1. The van der Waals surface area contributed by atoms with Gasteiger partial charge in [0.25, 0.3) is 0 Å². The number of hydrogen-bond acceptors (Lipinski definition) is 6. The van der Waals surface area contributed by atoms with Crippen molar-refractivity contribution in [2.75, 3.05) is 12.3 Å². The van der Waals surface area contributed by atoms with Crippen LogP contribution in [0.15, 0.2) is 30.5 Å². The summed E-state index contributed by atoms with van der Waals surface area (Å²) in [6, 6.07) is 5.88. The van der Waals surface area contributed by atoms with Gasteiger partial charge in [-0.3, -0.25) is 9.59 Å². The normalized spacial score (nSPS) is 25.0. The number of rotatable bonds is 9. The number of nitrogen functional groups attached to an aromatic ring is 1. The Bertz CT molecular complexity index is 1180. The Kier molecular flexibility index (Phi) is 8.75. The number of nitrogens with two attached hydrogens (primary N) is 1. The third kappa shape index (κ3) is 6.66. The first-order valence-corrected chi connectivity index (χ1v) is 14.0. The summed E-state index contributed by atoms with van der Waals surface area (Å²) in [7, 11) is 0. The number of likely N-dealkylation sites (tertiary alicyclic amines) is 1. The number of pyridine rings is 1. The summed E-state index contributed by atoms with van der Waals surface area (Å²) < 4.78 is 27.4. The molecule has 1 aromatic heterocycles. The molecule has 10 heteroatoms. The van der Waals surface area contributed by atoms with Gasteiger partial charge in [0, 0.05) is 43.4 Å². The summed E-state index contributed by atoms with van der Waals surface area (Å²) in [5, 5.41) is 19.2. The summed E-state index contributed by atoms with van der Waals surface area (Å²) in [5.41, 5.74) is 5.64. The average Bonchev–Trinajstić information content (AvgIpc) is 3.29. The van der Waals surface area contributed by atoms with Gasteiger partial charge in [0.05, 0.1) is 18.2 Å². The van der Waals surface area contributed by atoms with Crippen LogP contribution in [0.4, 0.5) is 14.6 Å². The molecule has 1 saturated carbocycles. The number of carbonyl (C=O) groups is 2. The van der Waals surface area contributed by atoms with Crippen molar-refractivity contribution < 1.29 is 23.5 Å². The molecule has 2 amide bonds. The SMILES string of the molecule is CC[C@@H](C)[C@@H](NC1CCC(F)(F)CC1)C(=O)N1C[C@](O)(CC)C[C@H]1C(=O)NCc1ccc2c(N)nccc2c1. The summed E-state index contributed by atoms with van der Waals surface area (Å²) in [6.07, 6.45) is 3.07. The molecular weight excluding hydrogens is 504 g/mol. The quantitative estimate of drug-likeness (QED) is 0.381. The monoisotopic (exact) mass is 545 g/mol. The Hall–Kier alpha value is -2.85. The maximum atomic E-state index is 13.9. The van der Waals surface area contributed by atoms with Crippen LogP contribution in [0.1, 0.15) is 71.3 Å². The zero-order valence-corrected chi connectivity index (χ0v) is 23.1. The highest BCUT2D eigenvalue weighted by Crippen LogP contribution is 2.35. The van der Waals surface area contributed by atoms with E-state index in [-0.39, 0.29) is 56.1 Å². The fourth-order valence-corrected chi connectivity index (χ4v) is 5.71. The molecule has 0 bridgehead atoms. The Morgan fingerprint density at radius 1 is 1.23 bits per heavy atom. The van der Waals surface area contributed by atoms with Crippen LogP contribution in [0.25, 0.3) is 10.8 Å². The molecule has 2 aliphatic rings. The number of aliphatic hydroxyl groups is 1.